The Balaban J connectivity index is 2.32. The lowest BCUT2D eigenvalue weighted by atomic mass is 10.4. The highest BCUT2D eigenvalue weighted by atomic mass is 32.2. The fourth-order valence-corrected chi connectivity index (χ4v) is 0.807. The van der Waals surface area contributed by atoms with Gasteiger partial charge in [-0.3, -0.25) is 0 Å². The van der Waals surface area contributed by atoms with E-state index in [0.29, 0.717) is 6.42 Å². The first-order valence-corrected chi connectivity index (χ1v) is 2.85. The molecule has 0 saturated heterocycles. The summed E-state index contributed by atoms with van der Waals surface area (Å²) in [5.74, 6) is 0. The lowest BCUT2D eigenvalue weighted by Crippen LogP contribution is -2.00. The van der Waals surface area contributed by atoms with Gasteiger partial charge in [0.1, 0.15) is 5.44 Å². The molecule has 7 heavy (non-hydrogen) atoms. The molecule has 0 radical (unpaired) electrons. The zero-order valence-corrected chi connectivity index (χ0v) is 4.52. The van der Waals surface area contributed by atoms with E-state index in [9.17, 15) is 0 Å². The molecule has 0 aromatic carbocycles. The van der Waals surface area contributed by atoms with E-state index in [-0.39, 0.29) is 5.44 Å². The molecule has 0 aromatic heterocycles. The molecule has 0 amide bonds. The molecule has 0 saturated carbocycles. The van der Waals surface area contributed by atoms with Gasteiger partial charge in [0.2, 0.25) is 0 Å². The molecular weight excluding hydrogens is 112 g/mol. The molecule has 1 aliphatic rings. The summed E-state index contributed by atoms with van der Waals surface area (Å²) in [5.41, 5.74) is -0.356. The summed E-state index contributed by atoms with van der Waals surface area (Å²) < 4.78 is 4.67. The second-order valence-electron chi connectivity index (χ2n) is 1.25. The maximum atomic E-state index is 8.70. The predicted molar refractivity (Wildman–Crippen MR) is 28.4 cm³/mol. The highest BCUT2D eigenvalue weighted by molar-refractivity contribution is 7.95. The van der Waals surface area contributed by atoms with Gasteiger partial charge in [-0.05, 0) is 6.08 Å². The first-order chi connectivity index (χ1) is 3.39. The van der Waals surface area contributed by atoms with E-state index in [1.165, 1.54) is 0 Å². The highest BCUT2D eigenvalue weighted by Crippen LogP contribution is 2.18. The summed E-state index contributed by atoms with van der Waals surface area (Å²) in [5, 5.41) is 8.70. The first kappa shape index (κ1) is 5.00. The van der Waals surface area contributed by atoms with Crippen LogP contribution >= 0.6 is 12.0 Å². The molecule has 1 aliphatic heterocycles. The van der Waals surface area contributed by atoms with Crippen molar-refractivity contribution < 1.29 is 9.29 Å². The van der Waals surface area contributed by atoms with Crippen molar-refractivity contribution in [2.75, 3.05) is 0 Å². The van der Waals surface area contributed by atoms with Gasteiger partial charge in [-0.25, -0.2) is 0 Å². The van der Waals surface area contributed by atoms with Gasteiger partial charge in [0, 0.05) is 6.42 Å². The highest BCUT2D eigenvalue weighted by Gasteiger charge is 2.05. The molecule has 0 aliphatic carbocycles. The Hall–Kier alpha value is -0.150. The second-order valence-corrected chi connectivity index (χ2v) is 2.18. The van der Waals surface area contributed by atoms with Gasteiger partial charge in [-0.1, -0.05) is 0 Å². The van der Waals surface area contributed by atoms with Gasteiger partial charge in [0.15, 0.2) is 0 Å². The quantitative estimate of drug-likeness (QED) is 0.479. The topological polar surface area (TPSA) is 29.5 Å². The van der Waals surface area contributed by atoms with E-state index in [1.54, 1.807) is 12.3 Å². The van der Waals surface area contributed by atoms with Crippen LogP contribution in [-0.2, 0) is 4.18 Å². The van der Waals surface area contributed by atoms with Crippen LogP contribution in [0.5, 0.6) is 0 Å². The summed E-state index contributed by atoms with van der Waals surface area (Å²) in [6, 6.07) is 0. The average Bonchev–Trinajstić information content (AvgIpc) is 1.69. The summed E-state index contributed by atoms with van der Waals surface area (Å²) >= 11 is 1.09. The van der Waals surface area contributed by atoms with Crippen LogP contribution in [0.3, 0.4) is 0 Å². The van der Waals surface area contributed by atoms with Crippen molar-refractivity contribution in [3.05, 3.63) is 12.3 Å². The molecule has 0 spiro atoms. The van der Waals surface area contributed by atoms with Crippen molar-refractivity contribution in [2.45, 2.75) is 11.9 Å². The lowest BCUT2D eigenvalue weighted by molar-refractivity contribution is 0.251. The van der Waals surface area contributed by atoms with Crippen LogP contribution in [-0.4, -0.2) is 10.5 Å². The minimum absolute atomic E-state index is 0.356. The van der Waals surface area contributed by atoms with Gasteiger partial charge in [-0.15, -0.1) is 0 Å². The molecular formula is C4H6O2S. The first-order valence-electron chi connectivity index (χ1n) is 2.05. The number of hydrogen-bond acceptors (Lipinski definition) is 3. The van der Waals surface area contributed by atoms with E-state index in [4.69, 9.17) is 5.11 Å². The minimum atomic E-state index is -0.356. The van der Waals surface area contributed by atoms with Gasteiger partial charge in [0.25, 0.3) is 0 Å². The Bertz CT molecular complexity index is 81.8. The Morgan fingerprint density at radius 2 is 2.71 bits per heavy atom. The third-order valence-electron chi connectivity index (χ3n) is 0.656. The minimum Gasteiger partial charge on any atom is -0.431 e. The fraction of sp³-hybridized carbons (Fsp3) is 0.500. The molecule has 1 atom stereocenters. The molecule has 1 N–H and O–H groups in total. The molecule has 3 heteroatoms. The standard InChI is InChI=1S/C4H6O2S/c5-4-2-1-3-6-7-4/h1,3-5H,2H2. The Morgan fingerprint density at radius 3 is 3.00 bits per heavy atom. The number of rotatable bonds is 0. The van der Waals surface area contributed by atoms with Gasteiger partial charge in [-0.2, -0.15) is 0 Å². The summed E-state index contributed by atoms with van der Waals surface area (Å²) in [7, 11) is 0. The fourth-order valence-electron chi connectivity index (χ4n) is 0.347. The normalized spacial score (nSPS) is 29.6. The molecule has 1 heterocycles. The predicted octanol–water partition coefficient (Wildman–Crippen LogP) is 0.887. The SMILES string of the molecule is OC1CC=COS1. The second kappa shape index (κ2) is 2.23. The monoisotopic (exact) mass is 118 g/mol. The summed E-state index contributed by atoms with van der Waals surface area (Å²) in [6.45, 7) is 0. The number of aliphatic hydroxyl groups is 1. The Morgan fingerprint density at radius 1 is 1.86 bits per heavy atom. The number of aliphatic hydroxyl groups excluding tert-OH is 1. The van der Waals surface area contributed by atoms with E-state index in [1.807, 2.05) is 0 Å². The maximum absolute atomic E-state index is 8.70. The van der Waals surface area contributed by atoms with Crippen LogP contribution in [0, 0.1) is 0 Å². The van der Waals surface area contributed by atoms with E-state index in [2.05, 4.69) is 4.18 Å². The zero-order chi connectivity index (χ0) is 5.11. The van der Waals surface area contributed by atoms with Crippen molar-refractivity contribution in [3.8, 4) is 0 Å². The molecule has 1 unspecified atom stereocenters. The third kappa shape index (κ3) is 1.41. The van der Waals surface area contributed by atoms with Crippen molar-refractivity contribution in [1.29, 1.82) is 0 Å². The smallest absolute Gasteiger partial charge is 0.140 e. The largest absolute Gasteiger partial charge is 0.431 e. The maximum Gasteiger partial charge on any atom is 0.140 e. The van der Waals surface area contributed by atoms with Crippen molar-refractivity contribution in [2.24, 2.45) is 0 Å². The van der Waals surface area contributed by atoms with E-state index >= 15 is 0 Å². The van der Waals surface area contributed by atoms with Crippen LogP contribution in [0.4, 0.5) is 0 Å². The van der Waals surface area contributed by atoms with Crippen molar-refractivity contribution >= 4 is 12.0 Å². The van der Waals surface area contributed by atoms with Crippen molar-refractivity contribution in [1.82, 2.24) is 0 Å². The lowest BCUT2D eigenvalue weighted by Gasteiger charge is -2.08. The molecule has 40 valence electrons. The van der Waals surface area contributed by atoms with Gasteiger partial charge < -0.3 is 9.29 Å². The number of hydrogen-bond donors (Lipinski definition) is 1. The van der Waals surface area contributed by atoms with Crippen LogP contribution < -0.4 is 0 Å². The van der Waals surface area contributed by atoms with E-state index in [0.717, 1.165) is 12.0 Å². The van der Waals surface area contributed by atoms with E-state index < -0.39 is 0 Å². The Kier molecular flexibility index (Phi) is 1.59. The van der Waals surface area contributed by atoms with Crippen LogP contribution in [0.15, 0.2) is 12.3 Å². The Labute approximate surface area is 46.4 Å². The summed E-state index contributed by atoms with van der Waals surface area (Å²) in [6.07, 6.45) is 4.07. The molecule has 0 bridgehead atoms. The van der Waals surface area contributed by atoms with Crippen LogP contribution in [0.2, 0.25) is 0 Å². The average molecular weight is 118 g/mol. The third-order valence-corrected chi connectivity index (χ3v) is 1.29. The van der Waals surface area contributed by atoms with Crippen molar-refractivity contribution in [3.63, 3.8) is 0 Å². The molecule has 2 nitrogen and oxygen atoms in total. The van der Waals surface area contributed by atoms with Crippen LogP contribution in [0.1, 0.15) is 6.42 Å². The molecule has 0 fully saturated rings. The van der Waals surface area contributed by atoms with Gasteiger partial charge in [0.05, 0.1) is 18.3 Å². The van der Waals surface area contributed by atoms with Gasteiger partial charge >= 0.3 is 0 Å². The van der Waals surface area contributed by atoms with Crippen LogP contribution in [0.25, 0.3) is 0 Å². The molecule has 1 rings (SSSR count). The molecule has 0 aromatic rings. The zero-order valence-electron chi connectivity index (χ0n) is 3.70. The summed E-state index contributed by atoms with van der Waals surface area (Å²) in [4.78, 5) is 0.